The van der Waals surface area contributed by atoms with Gasteiger partial charge in [-0.1, -0.05) is 6.92 Å². The van der Waals surface area contributed by atoms with Crippen molar-refractivity contribution in [2.45, 2.75) is 13.5 Å². The summed E-state index contributed by atoms with van der Waals surface area (Å²) in [5.74, 6) is -2.02. The Hall–Kier alpha value is -1.85. The van der Waals surface area contributed by atoms with Gasteiger partial charge in [-0.15, -0.1) is 0 Å². The van der Waals surface area contributed by atoms with Crippen LogP contribution in [-0.4, -0.2) is 26.8 Å². The Balaban J connectivity index is 2.69. The largest absolute Gasteiger partial charge is 0.481 e. The summed E-state index contributed by atoms with van der Waals surface area (Å²) in [4.78, 5) is 21.2. The molecule has 3 N–H and O–H groups in total. The van der Waals surface area contributed by atoms with Gasteiger partial charge >= 0.3 is 5.97 Å². The first-order valence-electron chi connectivity index (χ1n) is 4.05. The molecule has 1 rings (SSSR count). The molecule has 0 radical (unpaired) electrons. The van der Waals surface area contributed by atoms with E-state index in [9.17, 15) is 9.59 Å². The molecular formula is C8H11N3O3. The van der Waals surface area contributed by atoms with Crippen molar-refractivity contribution >= 4 is 11.9 Å². The van der Waals surface area contributed by atoms with Crippen molar-refractivity contribution < 1.29 is 14.7 Å². The van der Waals surface area contributed by atoms with Crippen molar-refractivity contribution in [3.8, 4) is 0 Å². The molecule has 0 aromatic carbocycles. The molecule has 6 heteroatoms. The topological polar surface area (TPSA) is 98.2 Å². The number of carbonyl (C=O) groups is 2. The van der Waals surface area contributed by atoms with Crippen LogP contribution in [0.2, 0.25) is 0 Å². The molecule has 1 atom stereocenters. The summed E-state index contributed by atoms with van der Waals surface area (Å²) in [6.07, 6.45) is 2.75. The van der Waals surface area contributed by atoms with Crippen LogP contribution < -0.4 is 5.73 Å². The maximum absolute atomic E-state index is 10.7. The van der Waals surface area contributed by atoms with Crippen LogP contribution in [0.1, 0.15) is 17.3 Å². The molecule has 0 bridgehead atoms. The molecule has 6 nitrogen and oxygen atoms in total. The molecular weight excluding hydrogens is 186 g/mol. The predicted octanol–water partition coefficient (Wildman–Crippen LogP) is -0.297. The number of rotatable bonds is 4. The van der Waals surface area contributed by atoms with Gasteiger partial charge in [-0.2, -0.15) is 5.10 Å². The lowest BCUT2D eigenvalue weighted by Gasteiger charge is -2.04. The van der Waals surface area contributed by atoms with Crippen LogP contribution >= 0.6 is 0 Å². The number of primary amides is 1. The zero-order valence-electron chi connectivity index (χ0n) is 7.67. The average molecular weight is 197 g/mol. The molecule has 1 aromatic heterocycles. The number of nitrogens with two attached hydrogens (primary N) is 1. The Kier molecular flexibility index (Phi) is 2.85. The molecule has 1 unspecified atom stereocenters. The highest BCUT2D eigenvalue weighted by atomic mass is 16.4. The SMILES string of the molecule is CC(Cn1cc(C(N)=O)cn1)C(=O)O. The monoisotopic (exact) mass is 197 g/mol. The van der Waals surface area contributed by atoms with Gasteiger partial charge in [0.15, 0.2) is 0 Å². The summed E-state index contributed by atoms with van der Waals surface area (Å²) in [6.45, 7) is 1.79. The molecule has 0 saturated carbocycles. The van der Waals surface area contributed by atoms with Gasteiger partial charge in [-0.05, 0) is 0 Å². The van der Waals surface area contributed by atoms with E-state index in [1.54, 1.807) is 6.92 Å². The minimum Gasteiger partial charge on any atom is -0.481 e. The first kappa shape index (κ1) is 10.2. The zero-order valence-corrected chi connectivity index (χ0v) is 7.67. The summed E-state index contributed by atoms with van der Waals surface area (Å²) in [5, 5.41) is 12.4. The van der Waals surface area contributed by atoms with Crippen LogP contribution in [-0.2, 0) is 11.3 Å². The van der Waals surface area contributed by atoms with E-state index in [0.717, 1.165) is 0 Å². The first-order valence-corrected chi connectivity index (χ1v) is 4.05. The Bertz CT molecular complexity index is 358. The van der Waals surface area contributed by atoms with Crippen molar-refractivity contribution in [2.24, 2.45) is 11.7 Å². The van der Waals surface area contributed by atoms with Crippen LogP contribution in [0.15, 0.2) is 12.4 Å². The predicted molar refractivity (Wildman–Crippen MR) is 47.5 cm³/mol. The van der Waals surface area contributed by atoms with E-state index in [1.807, 2.05) is 0 Å². The summed E-state index contributed by atoms with van der Waals surface area (Å²) >= 11 is 0. The minimum atomic E-state index is -0.902. The molecule has 0 fully saturated rings. The van der Waals surface area contributed by atoms with Crippen LogP contribution in [0.4, 0.5) is 0 Å². The minimum absolute atomic E-state index is 0.225. The standard InChI is InChI=1S/C8H11N3O3/c1-5(8(13)14)3-11-4-6(2-10-11)7(9)12/h2,4-5H,3H2,1H3,(H2,9,12)(H,13,14). The Labute approximate surface area is 80.3 Å². The number of carboxylic acids is 1. The van der Waals surface area contributed by atoms with E-state index in [2.05, 4.69) is 5.10 Å². The van der Waals surface area contributed by atoms with Gasteiger partial charge in [-0.3, -0.25) is 14.3 Å². The van der Waals surface area contributed by atoms with Crippen LogP contribution in [0.5, 0.6) is 0 Å². The summed E-state index contributed by atoms with van der Waals surface area (Å²) in [5.41, 5.74) is 5.29. The van der Waals surface area contributed by atoms with Gasteiger partial charge < -0.3 is 10.8 Å². The maximum atomic E-state index is 10.7. The third kappa shape index (κ3) is 2.32. The van der Waals surface area contributed by atoms with E-state index in [0.29, 0.717) is 0 Å². The first-order chi connectivity index (χ1) is 6.50. The van der Waals surface area contributed by atoms with Gasteiger partial charge in [0.05, 0.1) is 24.2 Å². The molecule has 0 spiro atoms. The second-order valence-electron chi connectivity index (χ2n) is 3.05. The highest BCUT2D eigenvalue weighted by molar-refractivity contribution is 5.92. The molecule has 1 aromatic rings. The van der Waals surface area contributed by atoms with E-state index >= 15 is 0 Å². The number of hydrogen-bond donors (Lipinski definition) is 2. The number of carbonyl (C=O) groups excluding carboxylic acids is 1. The van der Waals surface area contributed by atoms with E-state index in [1.165, 1.54) is 17.1 Å². The number of nitrogens with zero attached hydrogens (tertiary/aromatic N) is 2. The third-order valence-corrected chi connectivity index (χ3v) is 1.80. The van der Waals surface area contributed by atoms with Crippen molar-refractivity contribution in [1.82, 2.24) is 9.78 Å². The van der Waals surface area contributed by atoms with Gasteiger partial charge in [0.1, 0.15) is 0 Å². The van der Waals surface area contributed by atoms with Crippen molar-refractivity contribution in [1.29, 1.82) is 0 Å². The van der Waals surface area contributed by atoms with Crippen molar-refractivity contribution in [3.05, 3.63) is 18.0 Å². The third-order valence-electron chi connectivity index (χ3n) is 1.80. The van der Waals surface area contributed by atoms with Gasteiger partial charge in [0, 0.05) is 6.20 Å². The summed E-state index contributed by atoms with van der Waals surface area (Å²) in [6, 6.07) is 0. The van der Waals surface area contributed by atoms with E-state index in [-0.39, 0.29) is 12.1 Å². The Morgan fingerprint density at radius 1 is 1.71 bits per heavy atom. The summed E-state index contributed by atoms with van der Waals surface area (Å²) in [7, 11) is 0. The molecule has 1 heterocycles. The molecule has 76 valence electrons. The van der Waals surface area contributed by atoms with Crippen molar-refractivity contribution in [2.75, 3.05) is 0 Å². The molecule has 1 amide bonds. The fourth-order valence-corrected chi connectivity index (χ4v) is 0.949. The van der Waals surface area contributed by atoms with Gasteiger partial charge in [0.2, 0.25) is 0 Å². The highest BCUT2D eigenvalue weighted by Crippen LogP contribution is 2.02. The zero-order chi connectivity index (χ0) is 10.7. The lowest BCUT2D eigenvalue weighted by molar-refractivity contribution is -0.141. The number of carboxylic acid groups (broad SMARTS) is 1. The molecule has 0 saturated heterocycles. The molecule has 14 heavy (non-hydrogen) atoms. The smallest absolute Gasteiger partial charge is 0.308 e. The Morgan fingerprint density at radius 3 is 2.79 bits per heavy atom. The molecule has 0 aliphatic carbocycles. The van der Waals surface area contributed by atoms with Gasteiger partial charge in [0.25, 0.3) is 5.91 Å². The number of aliphatic carboxylic acids is 1. The van der Waals surface area contributed by atoms with Gasteiger partial charge in [-0.25, -0.2) is 0 Å². The normalized spacial score (nSPS) is 12.4. The maximum Gasteiger partial charge on any atom is 0.308 e. The number of aromatic nitrogens is 2. The lowest BCUT2D eigenvalue weighted by Crippen LogP contribution is -2.17. The summed E-state index contributed by atoms with van der Waals surface area (Å²) < 4.78 is 1.39. The van der Waals surface area contributed by atoms with Crippen LogP contribution in [0.3, 0.4) is 0 Å². The Morgan fingerprint density at radius 2 is 2.36 bits per heavy atom. The lowest BCUT2D eigenvalue weighted by atomic mass is 10.2. The van der Waals surface area contributed by atoms with Crippen LogP contribution in [0.25, 0.3) is 0 Å². The van der Waals surface area contributed by atoms with Crippen LogP contribution in [0, 0.1) is 5.92 Å². The number of amides is 1. The second-order valence-corrected chi connectivity index (χ2v) is 3.05. The quantitative estimate of drug-likeness (QED) is 0.692. The van der Waals surface area contributed by atoms with E-state index in [4.69, 9.17) is 10.8 Å². The fraction of sp³-hybridized carbons (Fsp3) is 0.375. The fourth-order valence-electron chi connectivity index (χ4n) is 0.949. The highest BCUT2D eigenvalue weighted by Gasteiger charge is 2.12. The average Bonchev–Trinajstić information content (AvgIpc) is 2.52. The van der Waals surface area contributed by atoms with E-state index < -0.39 is 17.8 Å². The molecule has 0 aliphatic heterocycles. The number of hydrogen-bond acceptors (Lipinski definition) is 3. The molecule has 0 aliphatic rings. The van der Waals surface area contributed by atoms with Crippen molar-refractivity contribution in [3.63, 3.8) is 0 Å². The second kappa shape index (κ2) is 3.91.